The minimum absolute atomic E-state index is 0.0594. The average molecular weight is 434 g/mol. The van der Waals surface area contributed by atoms with Crippen LogP contribution in [0.3, 0.4) is 0 Å². The Kier molecular flexibility index (Phi) is 5.31. The van der Waals surface area contributed by atoms with Gasteiger partial charge in [-0.2, -0.15) is 5.10 Å². The van der Waals surface area contributed by atoms with Crippen molar-refractivity contribution in [1.82, 2.24) is 9.78 Å². The molecule has 28 heavy (non-hydrogen) atoms. The summed E-state index contributed by atoms with van der Waals surface area (Å²) in [4.78, 5) is 14.8. The van der Waals surface area contributed by atoms with Gasteiger partial charge in [0.15, 0.2) is 15.5 Å². The Morgan fingerprint density at radius 1 is 1.29 bits per heavy atom. The second-order valence-electron chi connectivity index (χ2n) is 6.58. The predicted octanol–water partition coefficient (Wildman–Crippen LogP) is 3.95. The summed E-state index contributed by atoms with van der Waals surface area (Å²) in [6, 6.07) is 13.0. The maximum Gasteiger partial charge on any atom is 0.276 e. The van der Waals surface area contributed by atoms with Gasteiger partial charge < -0.3 is 5.32 Å². The summed E-state index contributed by atoms with van der Waals surface area (Å²) < 4.78 is 25.6. The fourth-order valence-corrected chi connectivity index (χ4v) is 6.14. The predicted molar refractivity (Wildman–Crippen MR) is 114 cm³/mol. The number of hydrogen-bond donors (Lipinski definition) is 1. The van der Waals surface area contributed by atoms with E-state index in [4.69, 9.17) is 0 Å². The number of anilines is 1. The van der Waals surface area contributed by atoms with Crippen LogP contribution in [0, 0.1) is 0 Å². The van der Waals surface area contributed by atoms with Crippen LogP contribution in [0.5, 0.6) is 0 Å². The number of aromatic nitrogens is 2. The van der Waals surface area contributed by atoms with E-state index in [1.807, 2.05) is 48.0 Å². The van der Waals surface area contributed by atoms with Crippen LogP contribution >= 0.6 is 23.1 Å². The first kappa shape index (κ1) is 19.2. The number of nitrogens with zero attached hydrogens (tertiary/aromatic N) is 2. The molecule has 3 aromatic rings. The zero-order valence-electron chi connectivity index (χ0n) is 15.2. The van der Waals surface area contributed by atoms with E-state index in [0.29, 0.717) is 12.1 Å². The van der Waals surface area contributed by atoms with Crippen LogP contribution in [-0.4, -0.2) is 41.9 Å². The van der Waals surface area contributed by atoms with E-state index in [1.54, 1.807) is 22.5 Å². The number of carbonyl (C=O) groups excluding carboxylic acids is 1. The smallest absolute Gasteiger partial charge is 0.276 e. The van der Waals surface area contributed by atoms with Gasteiger partial charge in [0.25, 0.3) is 5.91 Å². The number of rotatable bonds is 5. The van der Waals surface area contributed by atoms with Crippen LogP contribution in [0.25, 0.3) is 10.6 Å². The fourth-order valence-electron chi connectivity index (χ4n) is 3.26. The third-order valence-electron chi connectivity index (χ3n) is 4.62. The van der Waals surface area contributed by atoms with Crippen molar-refractivity contribution >= 4 is 44.5 Å². The normalized spacial score (nSPS) is 18.2. The molecular formula is C19H19N3O3S3. The largest absolute Gasteiger partial charge is 0.321 e. The summed E-state index contributed by atoms with van der Waals surface area (Å²) in [7, 11) is -3.06. The maximum absolute atomic E-state index is 12.8. The molecule has 1 aliphatic rings. The number of amides is 1. The summed E-state index contributed by atoms with van der Waals surface area (Å²) in [6.45, 7) is 0. The zero-order valence-corrected chi connectivity index (χ0v) is 17.6. The number of thioether (sulfide) groups is 1. The summed E-state index contributed by atoms with van der Waals surface area (Å²) in [5, 5.41) is 9.33. The molecular weight excluding hydrogens is 414 g/mol. The average Bonchev–Trinajstić information content (AvgIpc) is 3.40. The lowest BCUT2D eigenvalue weighted by Gasteiger charge is -2.12. The third-order valence-corrected chi connectivity index (χ3v) is 7.99. The number of thiophene rings is 1. The highest BCUT2D eigenvalue weighted by Crippen LogP contribution is 2.32. The molecule has 1 amide bonds. The number of benzene rings is 1. The summed E-state index contributed by atoms with van der Waals surface area (Å²) >= 11 is 3.14. The van der Waals surface area contributed by atoms with Crippen molar-refractivity contribution in [2.75, 3.05) is 23.1 Å². The molecule has 9 heteroatoms. The molecule has 146 valence electrons. The van der Waals surface area contributed by atoms with Crippen LogP contribution in [0.2, 0.25) is 0 Å². The Morgan fingerprint density at radius 3 is 2.82 bits per heavy atom. The van der Waals surface area contributed by atoms with Gasteiger partial charge in [-0.25, -0.2) is 8.42 Å². The second kappa shape index (κ2) is 7.73. The van der Waals surface area contributed by atoms with Gasteiger partial charge in [0, 0.05) is 10.6 Å². The molecule has 0 saturated carbocycles. The first-order chi connectivity index (χ1) is 13.4. The Balaban J connectivity index is 1.66. The lowest BCUT2D eigenvalue weighted by Crippen LogP contribution is -2.16. The highest BCUT2D eigenvalue weighted by molar-refractivity contribution is 7.98. The van der Waals surface area contributed by atoms with E-state index in [0.717, 1.165) is 15.5 Å². The molecule has 1 saturated heterocycles. The molecule has 1 aliphatic heterocycles. The highest BCUT2D eigenvalue weighted by atomic mass is 32.2. The molecule has 0 radical (unpaired) electrons. The minimum atomic E-state index is -3.06. The van der Waals surface area contributed by atoms with Crippen LogP contribution in [0.4, 0.5) is 5.69 Å². The van der Waals surface area contributed by atoms with Crippen molar-refractivity contribution in [3.63, 3.8) is 0 Å². The molecule has 1 N–H and O–H groups in total. The van der Waals surface area contributed by atoms with Crippen molar-refractivity contribution < 1.29 is 13.2 Å². The van der Waals surface area contributed by atoms with E-state index in [2.05, 4.69) is 10.4 Å². The fraction of sp³-hybridized carbons (Fsp3) is 0.263. The molecule has 0 bridgehead atoms. The maximum atomic E-state index is 12.8. The first-order valence-electron chi connectivity index (χ1n) is 8.74. The SMILES string of the molecule is CSc1cccc(NC(=O)c2cc(-c3cccs3)n(C3CCS(=O)(=O)C3)n2)c1. The molecule has 1 fully saturated rings. The standard InChI is InChI=1S/C19H19N3O3S3/c1-26-15-5-2-4-13(10-15)20-19(23)16-11-17(18-6-3-8-27-18)22(21-16)14-7-9-28(24,25)12-14/h2-6,8,10-11,14H,7,9,12H2,1H3,(H,20,23). The monoisotopic (exact) mass is 433 g/mol. The number of hydrogen-bond acceptors (Lipinski definition) is 6. The molecule has 1 aromatic carbocycles. The van der Waals surface area contributed by atoms with Crippen LogP contribution in [0.1, 0.15) is 23.0 Å². The van der Waals surface area contributed by atoms with Gasteiger partial charge >= 0.3 is 0 Å². The van der Waals surface area contributed by atoms with Crippen LogP contribution < -0.4 is 5.32 Å². The number of carbonyl (C=O) groups is 1. The zero-order chi connectivity index (χ0) is 19.7. The van der Waals surface area contributed by atoms with E-state index < -0.39 is 9.84 Å². The molecule has 6 nitrogen and oxygen atoms in total. The molecule has 0 spiro atoms. The minimum Gasteiger partial charge on any atom is -0.321 e. The molecule has 1 unspecified atom stereocenters. The van der Waals surface area contributed by atoms with Crippen LogP contribution in [0.15, 0.2) is 52.7 Å². The van der Waals surface area contributed by atoms with E-state index in [1.165, 1.54) is 11.3 Å². The quantitative estimate of drug-likeness (QED) is 0.616. The van der Waals surface area contributed by atoms with Gasteiger partial charge in [-0.15, -0.1) is 23.1 Å². The Bertz CT molecular complexity index is 1100. The van der Waals surface area contributed by atoms with Crippen molar-refractivity contribution in [2.24, 2.45) is 0 Å². The number of sulfone groups is 1. The second-order valence-corrected chi connectivity index (χ2v) is 10.6. The third kappa shape index (κ3) is 4.01. The van der Waals surface area contributed by atoms with Gasteiger partial charge in [0.2, 0.25) is 0 Å². The molecule has 3 heterocycles. The van der Waals surface area contributed by atoms with Gasteiger partial charge in [-0.05, 0) is 48.4 Å². The summed E-state index contributed by atoms with van der Waals surface area (Å²) in [6.07, 6.45) is 2.49. The molecule has 1 atom stereocenters. The topological polar surface area (TPSA) is 81.1 Å². The lowest BCUT2D eigenvalue weighted by atomic mass is 10.2. The summed E-state index contributed by atoms with van der Waals surface area (Å²) in [5.41, 5.74) is 1.76. The molecule has 2 aromatic heterocycles. The lowest BCUT2D eigenvalue weighted by molar-refractivity contribution is 0.102. The Morgan fingerprint density at radius 2 is 2.14 bits per heavy atom. The van der Waals surface area contributed by atoms with E-state index >= 15 is 0 Å². The van der Waals surface area contributed by atoms with Crippen molar-refractivity contribution in [3.8, 4) is 10.6 Å². The van der Waals surface area contributed by atoms with Crippen LogP contribution in [-0.2, 0) is 9.84 Å². The van der Waals surface area contributed by atoms with Gasteiger partial charge in [0.1, 0.15) is 0 Å². The van der Waals surface area contributed by atoms with Gasteiger partial charge in [-0.3, -0.25) is 9.48 Å². The van der Waals surface area contributed by atoms with Crippen molar-refractivity contribution in [1.29, 1.82) is 0 Å². The highest BCUT2D eigenvalue weighted by Gasteiger charge is 2.32. The Labute approximate surface area is 171 Å². The summed E-state index contributed by atoms with van der Waals surface area (Å²) in [5.74, 6) is -0.0930. The molecule has 4 rings (SSSR count). The first-order valence-corrected chi connectivity index (χ1v) is 12.7. The van der Waals surface area contributed by atoms with Gasteiger partial charge in [0.05, 0.1) is 28.1 Å². The number of nitrogens with one attached hydrogen (secondary N) is 1. The van der Waals surface area contributed by atoms with E-state index in [9.17, 15) is 13.2 Å². The van der Waals surface area contributed by atoms with E-state index in [-0.39, 0.29) is 29.1 Å². The Hall–Kier alpha value is -2.10. The molecule has 0 aliphatic carbocycles. The van der Waals surface area contributed by atoms with Gasteiger partial charge in [-0.1, -0.05) is 12.1 Å². The van der Waals surface area contributed by atoms with Crippen molar-refractivity contribution in [2.45, 2.75) is 17.4 Å². The van der Waals surface area contributed by atoms with Crippen molar-refractivity contribution in [3.05, 3.63) is 53.5 Å².